The van der Waals surface area contributed by atoms with Crippen LogP contribution in [0.3, 0.4) is 0 Å². The molecule has 0 N–H and O–H groups in total. The molecule has 0 saturated carbocycles. The fraction of sp³-hybridized carbons (Fsp3) is 0.278. The van der Waals surface area contributed by atoms with E-state index in [1.165, 1.54) is 11.0 Å². The highest BCUT2D eigenvalue weighted by atomic mass is 35.5. The quantitative estimate of drug-likeness (QED) is 0.647. The largest absolute Gasteiger partial charge is 0.490 e. The Morgan fingerprint density at radius 1 is 1.19 bits per heavy atom. The Bertz CT molecular complexity index is 827. The zero-order chi connectivity index (χ0) is 19.1. The third kappa shape index (κ3) is 3.68. The molecule has 0 spiro atoms. The predicted molar refractivity (Wildman–Crippen MR) is 92.3 cm³/mol. The summed E-state index contributed by atoms with van der Waals surface area (Å²) in [6.07, 6.45) is -6.33. The SMILES string of the molecule is CN1CC(c2ccccc2)c2cc(Cl)cc(Cl)c2C1OC(=O)C(F)(F)F. The van der Waals surface area contributed by atoms with Gasteiger partial charge < -0.3 is 4.74 Å². The van der Waals surface area contributed by atoms with Crippen molar-refractivity contribution >= 4 is 29.2 Å². The first-order valence-corrected chi connectivity index (χ1v) is 8.46. The number of rotatable bonds is 2. The highest BCUT2D eigenvalue weighted by Crippen LogP contribution is 2.44. The minimum absolute atomic E-state index is 0.153. The predicted octanol–water partition coefficient (Wildman–Crippen LogP) is 5.17. The number of carbonyl (C=O) groups excluding carboxylic acids is 1. The molecule has 0 bridgehead atoms. The highest BCUT2D eigenvalue weighted by Gasteiger charge is 2.45. The second kappa shape index (κ2) is 7.10. The van der Waals surface area contributed by atoms with Crippen molar-refractivity contribution in [2.75, 3.05) is 13.6 Å². The van der Waals surface area contributed by atoms with Crippen LogP contribution in [0.25, 0.3) is 0 Å². The van der Waals surface area contributed by atoms with Crippen LogP contribution in [0.1, 0.15) is 28.8 Å². The van der Waals surface area contributed by atoms with Crippen LogP contribution in [-0.4, -0.2) is 30.6 Å². The van der Waals surface area contributed by atoms with Crippen molar-refractivity contribution in [3.05, 3.63) is 69.2 Å². The van der Waals surface area contributed by atoms with Crippen LogP contribution in [0.5, 0.6) is 0 Å². The molecule has 1 aliphatic heterocycles. The number of ether oxygens (including phenoxy) is 1. The third-order valence-corrected chi connectivity index (χ3v) is 4.80. The van der Waals surface area contributed by atoms with E-state index in [2.05, 4.69) is 0 Å². The number of alkyl halides is 3. The molecule has 0 saturated heterocycles. The molecule has 138 valence electrons. The number of hydrogen-bond acceptors (Lipinski definition) is 3. The number of fused-ring (bicyclic) bond motifs is 1. The van der Waals surface area contributed by atoms with Gasteiger partial charge in [0.05, 0.1) is 5.02 Å². The molecule has 0 amide bonds. The fourth-order valence-electron chi connectivity index (χ4n) is 3.14. The van der Waals surface area contributed by atoms with Crippen LogP contribution >= 0.6 is 23.2 Å². The van der Waals surface area contributed by atoms with Gasteiger partial charge in [-0.15, -0.1) is 0 Å². The molecule has 1 aliphatic rings. The zero-order valence-corrected chi connectivity index (χ0v) is 15.1. The van der Waals surface area contributed by atoms with E-state index in [-0.39, 0.29) is 10.9 Å². The van der Waals surface area contributed by atoms with Gasteiger partial charge in [-0.05, 0) is 30.3 Å². The number of nitrogens with zero attached hydrogens (tertiary/aromatic N) is 1. The number of carbonyl (C=O) groups is 1. The first kappa shape index (κ1) is 19.0. The van der Waals surface area contributed by atoms with E-state index in [0.29, 0.717) is 22.7 Å². The summed E-state index contributed by atoms with van der Waals surface area (Å²) in [4.78, 5) is 12.9. The van der Waals surface area contributed by atoms with Crippen LogP contribution < -0.4 is 0 Å². The lowest BCUT2D eigenvalue weighted by atomic mass is 9.84. The lowest BCUT2D eigenvalue weighted by molar-refractivity contribution is -0.213. The van der Waals surface area contributed by atoms with Crippen molar-refractivity contribution in [3.8, 4) is 0 Å². The van der Waals surface area contributed by atoms with Crippen molar-refractivity contribution in [2.45, 2.75) is 18.3 Å². The Morgan fingerprint density at radius 3 is 2.46 bits per heavy atom. The minimum atomic E-state index is -5.09. The lowest BCUT2D eigenvalue weighted by Crippen LogP contribution is -2.40. The summed E-state index contributed by atoms with van der Waals surface area (Å²) in [6, 6.07) is 12.5. The van der Waals surface area contributed by atoms with Crippen molar-refractivity contribution < 1.29 is 22.7 Å². The van der Waals surface area contributed by atoms with E-state index < -0.39 is 18.4 Å². The van der Waals surface area contributed by atoms with Crippen molar-refractivity contribution in [2.24, 2.45) is 0 Å². The first-order chi connectivity index (χ1) is 12.2. The highest BCUT2D eigenvalue weighted by molar-refractivity contribution is 6.35. The average Bonchev–Trinajstić information content (AvgIpc) is 2.56. The number of esters is 1. The number of benzene rings is 2. The summed E-state index contributed by atoms with van der Waals surface area (Å²) in [7, 11) is 1.58. The Morgan fingerprint density at radius 2 is 1.85 bits per heavy atom. The van der Waals surface area contributed by atoms with Gasteiger partial charge in [-0.25, -0.2) is 4.79 Å². The number of likely N-dealkylation sites (N-methyl/N-ethyl adjacent to an activating group) is 1. The van der Waals surface area contributed by atoms with E-state index in [1.807, 2.05) is 30.3 Å². The summed E-state index contributed by atoms with van der Waals surface area (Å²) in [5.41, 5.74) is 1.92. The standard InChI is InChI=1S/C18H14Cl2F3NO2/c1-24-9-13(10-5-3-2-4-6-10)12-7-11(19)8-14(20)15(12)16(24)26-17(25)18(21,22)23/h2-8,13,16H,9H2,1H3. The van der Waals surface area contributed by atoms with Gasteiger partial charge in [0.1, 0.15) is 0 Å². The van der Waals surface area contributed by atoms with Crippen LogP contribution in [0.15, 0.2) is 42.5 Å². The second-order valence-corrected chi connectivity index (χ2v) is 6.89. The zero-order valence-electron chi connectivity index (χ0n) is 13.6. The molecular formula is C18H14Cl2F3NO2. The molecule has 26 heavy (non-hydrogen) atoms. The van der Waals surface area contributed by atoms with E-state index in [9.17, 15) is 18.0 Å². The van der Waals surface area contributed by atoms with Gasteiger partial charge in [-0.1, -0.05) is 53.5 Å². The van der Waals surface area contributed by atoms with Crippen molar-refractivity contribution in [1.29, 1.82) is 0 Å². The summed E-state index contributed by atoms with van der Waals surface area (Å²) in [6.45, 7) is 0.337. The van der Waals surface area contributed by atoms with Crippen molar-refractivity contribution in [3.63, 3.8) is 0 Å². The maximum absolute atomic E-state index is 12.7. The third-order valence-electron chi connectivity index (χ3n) is 4.27. The van der Waals surface area contributed by atoms with Crippen LogP contribution in [0, 0.1) is 0 Å². The Balaban J connectivity index is 2.09. The van der Waals surface area contributed by atoms with Crippen LogP contribution in [-0.2, 0) is 9.53 Å². The molecule has 0 fully saturated rings. The lowest BCUT2D eigenvalue weighted by Gasteiger charge is -2.39. The Hall–Kier alpha value is -1.76. The molecule has 3 rings (SSSR count). The Kier molecular flexibility index (Phi) is 5.19. The van der Waals surface area contributed by atoms with E-state index in [4.69, 9.17) is 27.9 Å². The summed E-state index contributed by atoms with van der Waals surface area (Å²) in [5.74, 6) is -2.43. The second-order valence-electron chi connectivity index (χ2n) is 6.05. The molecule has 0 aromatic heterocycles. The van der Waals surface area contributed by atoms with Gasteiger partial charge in [0.2, 0.25) is 0 Å². The normalized spacial score (nSPS) is 20.5. The van der Waals surface area contributed by atoms with Gasteiger partial charge in [0.15, 0.2) is 6.23 Å². The first-order valence-electron chi connectivity index (χ1n) is 7.70. The molecule has 0 aliphatic carbocycles. The topological polar surface area (TPSA) is 29.5 Å². The van der Waals surface area contributed by atoms with Crippen molar-refractivity contribution in [1.82, 2.24) is 4.90 Å². The fourth-order valence-corrected chi connectivity index (χ4v) is 3.75. The maximum Gasteiger partial charge on any atom is 0.490 e. The maximum atomic E-state index is 12.7. The smallest absolute Gasteiger partial charge is 0.435 e. The molecule has 8 heteroatoms. The Labute approximate surface area is 158 Å². The molecule has 2 aromatic carbocycles. The summed E-state index contributed by atoms with van der Waals surface area (Å²) < 4.78 is 42.7. The van der Waals surface area contributed by atoms with E-state index in [0.717, 1.165) is 5.56 Å². The molecule has 3 nitrogen and oxygen atoms in total. The van der Waals surface area contributed by atoms with Gasteiger partial charge in [0.25, 0.3) is 0 Å². The monoisotopic (exact) mass is 403 g/mol. The van der Waals surface area contributed by atoms with Gasteiger partial charge >= 0.3 is 12.1 Å². The number of halogens is 5. The molecule has 0 radical (unpaired) electrons. The van der Waals surface area contributed by atoms with Gasteiger partial charge in [-0.3, -0.25) is 4.90 Å². The van der Waals surface area contributed by atoms with Gasteiger partial charge in [0, 0.05) is 23.0 Å². The molecule has 2 aromatic rings. The van der Waals surface area contributed by atoms with Gasteiger partial charge in [-0.2, -0.15) is 13.2 Å². The van der Waals surface area contributed by atoms with E-state index in [1.54, 1.807) is 13.1 Å². The average molecular weight is 404 g/mol. The van der Waals surface area contributed by atoms with E-state index >= 15 is 0 Å². The van der Waals surface area contributed by atoms with Crippen LogP contribution in [0.4, 0.5) is 13.2 Å². The summed E-state index contributed by atoms with van der Waals surface area (Å²) in [5, 5.41) is 0.514. The minimum Gasteiger partial charge on any atom is -0.435 e. The summed E-state index contributed by atoms with van der Waals surface area (Å²) >= 11 is 12.4. The molecule has 2 atom stereocenters. The molecular weight excluding hydrogens is 390 g/mol. The molecule has 2 unspecified atom stereocenters. The number of hydrogen-bond donors (Lipinski definition) is 0. The molecule has 1 heterocycles. The van der Waals surface area contributed by atoms with Crippen LogP contribution in [0.2, 0.25) is 10.0 Å².